The Morgan fingerprint density at radius 1 is 0.911 bits per heavy atom. The SMILES string of the molecule is CC1(C)CC[C@]2(C(=O)O)CC[C@]3(C)C(=CCC4[C@@]5(C)CC[C@H](O)[C@@](C)(COC(=O)/C=C/c6ccc(O)cc6)C5CC[C@]43C)C2C1. The summed E-state index contributed by atoms with van der Waals surface area (Å²) in [5, 5.41) is 31.6. The molecule has 3 unspecified atom stereocenters. The molecule has 6 heteroatoms. The number of phenols is 1. The molecule has 0 aromatic heterocycles. The highest BCUT2D eigenvalue weighted by atomic mass is 16.5. The van der Waals surface area contributed by atoms with Crippen molar-refractivity contribution in [2.45, 2.75) is 112 Å². The number of phenolic OH excluding ortho intramolecular Hbond substituents is 1. The van der Waals surface area contributed by atoms with Gasteiger partial charge in [-0.25, -0.2) is 4.79 Å². The number of rotatable bonds is 5. The fourth-order valence-electron chi connectivity index (χ4n) is 11.7. The average Bonchev–Trinajstić information content (AvgIpc) is 2.98. The lowest BCUT2D eigenvalue weighted by Gasteiger charge is -2.71. The first-order valence-electron chi connectivity index (χ1n) is 17.3. The van der Waals surface area contributed by atoms with Gasteiger partial charge in [-0.3, -0.25) is 4.79 Å². The Morgan fingerprint density at radius 2 is 1.60 bits per heavy atom. The van der Waals surface area contributed by atoms with Gasteiger partial charge in [0.2, 0.25) is 0 Å². The van der Waals surface area contributed by atoms with E-state index in [-0.39, 0.29) is 45.9 Å². The van der Waals surface area contributed by atoms with Crippen LogP contribution < -0.4 is 0 Å². The number of esters is 1. The van der Waals surface area contributed by atoms with Gasteiger partial charge in [-0.2, -0.15) is 0 Å². The summed E-state index contributed by atoms with van der Waals surface area (Å²) >= 11 is 0. The van der Waals surface area contributed by atoms with Gasteiger partial charge in [-0.1, -0.05) is 65.3 Å². The molecule has 0 aliphatic heterocycles. The second-order valence-electron chi connectivity index (χ2n) is 17.3. The predicted octanol–water partition coefficient (Wildman–Crippen LogP) is 8.18. The zero-order chi connectivity index (χ0) is 32.6. The Bertz CT molecular complexity index is 1410. The number of aliphatic hydroxyl groups is 1. The zero-order valence-corrected chi connectivity index (χ0v) is 28.2. The highest BCUT2D eigenvalue weighted by Crippen LogP contribution is 2.75. The van der Waals surface area contributed by atoms with Crippen LogP contribution >= 0.6 is 0 Å². The van der Waals surface area contributed by atoms with Crippen molar-refractivity contribution in [2.24, 2.45) is 50.2 Å². The first-order chi connectivity index (χ1) is 21.0. The molecule has 5 aliphatic carbocycles. The van der Waals surface area contributed by atoms with E-state index >= 15 is 0 Å². The number of aromatic hydroxyl groups is 1. The Balaban J connectivity index is 1.27. The van der Waals surface area contributed by atoms with Gasteiger partial charge in [0.05, 0.1) is 18.1 Å². The van der Waals surface area contributed by atoms with E-state index in [2.05, 4.69) is 47.6 Å². The zero-order valence-electron chi connectivity index (χ0n) is 28.2. The second kappa shape index (κ2) is 10.7. The van der Waals surface area contributed by atoms with Crippen LogP contribution in [-0.4, -0.2) is 40.0 Å². The molecule has 4 saturated carbocycles. The smallest absolute Gasteiger partial charge is 0.330 e. The fraction of sp³-hybridized carbons (Fsp3) is 0.692. The van der Waals surface area contributed by atoms with Crippen LogP contribution in [0.25, 0.3) is 6.08 Å². The third-order valence-electron chi connectivity index (χ3n) is 14.7. The van der Waals surface area contributed by atoms with Gasteiger partial charge in [0.1, 0.15) is 5.75 Å². The molecule has 0 bridgehead atoms. The Kier molecular flexibility index (Phi) is 7.70. The first kappa shape index (κ1) is 32.3. The number of aliphatic carboxylic acids is 1. The molecule has 1 aromatic carbocycles. The summed E-state index contributed by atoms with van der Waals surface area (Å²) < 4.78 is 5.87. The number of allylic oxidation sites excluding steroid dienone is 2. The van der Waals surface area contributed by atoms with Crippen molar-refractivity contribution in [1.82, 2.24) is 0 Å². The van der Waals surface area contributed by atoms with E-state index in [1.165, 1.54) is 11.6 Å². The van der Waals surface area contributed by atoms with Crippen molar-refractivity contribution in [3.63, 3.8) is 0 Å². The molecule has 0 radical (unpaired) electrons. The number of carbonyl (C=O) groups is 2. The van der Waals surface area contributed by atoms with Gasteiger partial charge in [-0.05, 0) is 127 Å². The Labute approximate surface area is 269 Å². The largest absolute Gasteiger partial charge is 0.508 e. The molecular formula is C39H54O6. The van der Waals surface area contributed by atoms with Gasteiger partial charge in [-0.15, -0.1) is 0 Å². The maximum Gasteiger partial charge on any atom is 0.330 e. The van der Waals surface area contributed by atoms with Gasteiger partial charge >= 0.3 is 11.9 Å². The highest BCUT2D eigenvalue weighted by Gasteiger charge is 2.69. The summed E-state index contributed by atoms with van der Waals surface area (Å²) in [6.45, 7) is 14.3. The molecular weight excluding hydrogens is 564 g/mol. The van der Waals surface area contributed by atoms with Crippen LogP contribution in [0, 0.1) is 50.2 Å². The molecule has 9 atom stereocenters. The molecule has 0 heterocycles. The lowest BCUT2D eigenvalue weighted by Crippen LogP contribution is -2.66. The summed E-state index contributed by atoms with van der Waals surface area (Å²) in [5.41, 5.74) is 1.11. The number of carbonyl (C=O) groups excluding carboxylic acids is 1. The number of fused-ring (bicyclic) bond motifs is 7. The van der Waals surface area contributed by atoms with Crippen molar-refractivity contribution in [3.05, 3.63) is 47.6 Å². The van der Waals surface area contributed by atoms with E-state index in [1.54, 1.807) is 30.3 Å². The molecule has 6 nitrogen and oxygen atoms in total. The van der Waals surface area contributed by atoms with Gasteiger partial charge in [0.15, 0.2) is 0 Å². The molecule has 0 saturated heterocycles. The summed E-state index contributed by atoms with van der Waals surface area (Å²) in [7, 11) is 0. The van der Waals surface area contributed by atoms with Crippen LogP contribution in [-0.2, 0) is 14.3 Å². The normalized spacial score (nSPS) is 43.7. The van der Waals surface area contributed by atoms with Crippen molar-refractivity contribution >= 4 is 18.0 Å². The van der Waals surface area contributed by atoms with Crippen molar-refractivity contribution in [1.29, 1.82) is 0 Å². The number of hydrogen-bond acceptors (Lipinski definition) is 5. The number of ether oxygens (including phenoxy) is 1. The molecule has 45 heavy (non-hydrogen) atoms. The molecule has 0 spiro atoms. The molecule has 1 aromatic rings. The summed E-state index contributed by atoms with van der Waals surface area (Å²) in [6, 6.07) is 6.64. The van der Waals surface area contributed by atoms with Crippen molar-refractivity contribution in [2.75, 3.05) is 6.61 Å². The molecule has 3 N–H and O–H groups in total. The van der Waals surface area contributed by atoms with Crippen LogP contribution in [0.3, 0.4) is 0 Å². The number of hydrogen-bond donors (Lipinski definition) is 3. The minimum absolute atomic E-state index is 0.0291. The van der Waals surface area contributed by atoms with Crippen LogP contribution in [0.1, 0.15) is 111 Å². The van der Waals surface area contributed by atoms with Crippen LogP contribution in [0.4, 0.5) is 0 Å². The van der Waals surface area contributed by atoms with Crippen LogP contribution in [0.15, 0.2) is 42.0 Å². The monoisotopic (exact) mass is 618 g/mol. The van der Waals surface area contributed by atoms with Crippen molar-refractivity contribution in [3.8, 4) is 5.75 Å². The van der Waals surface area contributed by atoms with E-state index in [4.69, 9.17) is 4.74 Å². The van der Waals surface area contributed by atoms with Gasteiger partial charge in [0, 0.05) is 11.5 Å². The van der Waals surface area contributed by atoms with E-state index in [1.807, 2.05) is 0 Å². The second-order valence-corrected chi connectivity index (χ2v) is 17.3. The maximum absolute atomic E-state index is 12.9. The summed E-state index contributed by atoms with van der Waals surface area (Å²) in [6.07, 6.45) is 14.0. The predicted molar refractivity (Wildman–Crippen MR) is 175 cm³/mol. The first-order valence-corrected chi connectivity index (χ1v) is 17.3. The topological polar surface area (TPSA) is 104 Å². The van der Waals surface area contributed by atoms with E-state index in [0.29, 0.717) is 12.3 Å². The van der Waals surface area contributed by atoms with E-state index in [9.17, 15) is 24.9 Å². The number of aliphatic hydroxyl groups excluding tert-OH is 1. The number of carboxylic acid groups (broad SMARTS) is 1. The Morgan fingerprint density at radius 3 is 2.29 bits per heavy atom. The van der Waals surface area contributed by atoms with Crippen LogP contribution in [0.5, 0.6) is 5.75 Å². The van der Waals surface area contributed by atoms with E-state index in [0.717, 1.165) is 63.4 Å². The van der Waals surface area contributed by atoms with Crippen molar-refractivity contribution < 1.29 is 29.6 Å². The standard InChI is InChI=1S/C39H54O6/c1-34(2)19-21-39(33(43)44)22-20-37(5)27(28(39)23-34)12-13-30-35(3)17-16-31(41)36(4,29(35)15-18-38(30,37)6)24-45-32(42)14-9-25-7-10-26(40)11-8-25/h7-12,14,28-31,40-41H,13,15-24H2,1-6H3,(H,43,44)/b14-9+/t28?,29?,30?,31-,35-,36-,37+,38+,39-/m0/s1. The third kappa shape index (κ3) is 4.83. The Hall–Kier alpha value is -2.60. The molecule has 246 valence electrons. The minimum Gasteiger partial charge on any atom is -0.508 e. The molecule has 4 fully saturated rings. The molecule has 6 rings (SSSR count). The molecule has 0 amide bonds. The highest BCUT2D eigenvalue weighted by molar-refractivity contribution is 5.87. The third-order valence-corrected chi connectivity index (χ3v) is 14.7. The average molecular weight is 619 g/mol. The quantitative estimate of drug-likeness (QED) is 0.175. The lowest BCUT2D eigenvalue weighted by molar-refractivity contribution is -0.219. The summed E-state index contributed by atoms with van der Waals surface area (Å²) in [5.74, 6) is -0.152. The van der Waals surface area contributed by atoms with Gasteiger partial charge in [0.25, 0.3) is 0 Å². The number of carboxylic acids is 1. The summed E-state index contributed by atoms with van der Waals surface area (Å²) in [4.78, 5) is 25.8. The van der Waals surface area contributed by atoms with Crippen LogP contribution in [0.2, 0.25) is 0 Å². The van der Waals surface area contributed by atoms with E-state index < -0.39 is 28.9 Å². The number of benzene rings is 1. The minimum atomic E-state index is -0.640. The molecule has 5 aliphatic rings. The lowest BCUT2D eigenvalue weighted by atomic mass is 9.33. The fourth-order valence-corrected chi connectivity index (χ4v) is 11.7. The maximum atomic E-state index is 12.9. The van der Waals surface area contributed by atoms with Gasteiger partial charge < -0.3 is 20.1 Å².